The topological polar surface area (TPSA) is 32.8 Å². The molecule has 0 saturated carbocycles. The Labute approximate surface area is 121 Å². The van der Waals surface area contributed by atoms with E-state index in [4.69, 9.17) is 4.74 Å². The lowest BCUT2D eigenvalue weighted by Gasteiger charge is -2.35. The van der Waals surface area contributed by atoms with Crippen molar-refractivity contribution in [1.29, 1.82) is 0 Å². The van der Waals surface area contributed by atoms with Gasteiger partial charge in [0.25, 0.3) is 5.91 Å². The van der Waals surface area contributed by atoms with Crippen molar-refractivity contribution in [3.8, 4) is 5.75 Å². The van der Waals surface area contributed by atoms with Crippen LogP contribution in [0.2, 0.25) is 0 Å². The highest BCUT2D eigenvalue weighted by Crippen LogP contribution is 2.18. The summed E-state index contributed by atoms with van der Waals surface area (Å²) in [5.74, 6) is 0.780. The molecule has 0 bridgehead atoms. The second kappa shape index (κ2) is 6.75. The molecule has 1 aromatic rings. The fourth-order valence-corrected chi connectivity index (χ4v) is 2.75. The van der Waals surface area contributed by atoms with Gasteiger partial charge in [-0.3, -0.25) is 4.79 Å². The monoisotopic (exact) mass is 276 g/mol. The van der Waals surface area contributed by atoms with Gasteiger partial charge in [-0.2, -0.15) is 0 Å². The van der Waals surface area contributed by atoms with Gasteiger partial charge in [0.05, 0.1) is 7.11 Å². The largest absolute Gasteiger partial charge is 0.497 e. The number of amides is 1. The van der Waals surface area contributed by atoms with Crippen LogP contribution in [0.4, 0.5) is 0 Å². The maximum atomic E-state index is 12.4. The van der Waals surface area contributed by atoms with Gasteiger partial charge < -0.3 is 14.5 Å². The molecule has 4 nitrogen and oxygen atoms in total. The number of methoxy groups -OCH3 is 1. The lowest BCUT2D eigenvalue weighted by atomic mass is 10.0. The molecule has 110 valence electrons. The molecule has 1 aliphatic rings. The summed E-state index contributed by atoms with van der Waals surface area (Å²) >= 11 is 0. The third-order valence-corrected chi connectivity index (χ3v) is 4.07. The Morgan fingerprint density at radius 3 is 2.95 bits per heavy atom. The summed E-state index contributed by atoms with van der Waals surface area (Å²) in [6, 6.07) is 7.82. The normalized spacial score (nSPS) is 19.6. The number of piperidine rings is 1. The Balaban J connectivity index is 2.00. The van der Waals surface area contributed by atoms with Crippen LogP contribution in [0, 0.1) is 0 Å². The average molecular weight is 276 g/mol. The zero-order valence-electron chi connectivity index (χ0n) is 12.6. The van der Waals surface area contributed by atoms with Crippen molar-refractivity contribution >= 4 is 5.91 Å². The predicted molar refractivity (Wildman–Crippen MR) is 80.2 cm³/mol. The Bertz CT molecular complexity index is 462. The first kappa shape index (κ1) is 14.9. The van der Waals surface area contributed by atoms with Crippen LogP contribution in [-0.4, -0.2) is 56.0 Å². The van der Waals surface area contributed by atoms with Crippen LogP contribution >= 0.6 is 0 Å². The molecule has 1 atom stereocenters. The van der Waals surface area contributed by atoms with Crippen molar-refractivity contribution < 1.29 is 9.53 Å². The first-order valence-electron chi connectivity index (χ1n) is 7.21. The van der Waals surface area contributed by atoms with Crippen molar-refractivity contribution in [3.05, 3.63) is 29.8 Å². The van der Waals surface area contributed by atoms with E-state index >= 15 is 0 Å². The van der Waals surface area contributed by atoms with Crippen molar-refractivity contribution in [2.75, 3.05) is 34.3 Å². The van der Waals surface area contributed by atoms with Gasteiger partial charge in [0.15, 0.2) is 0 Å². The zero-order chi connectivity index (χ0) is 14.5. The molecule has 1 aromatic carbocycles. The minimum atomic E-state index is 0.0582. The van der Waals surface area contributed by atoms with E-state index < -0.39 is 0 Å². The van der Waals surface area contributed by atoms with Gasteiger partial charge in [0.2, 0.25) is 0 Å². The number of hydrogen-bond acceptors (Lipinski definition) is 3. The lowest BCUT2D eigenvalue weighted by Crippen LogP contribution is -2.45. The minimum Gasteiger partial charge on any atom is -0.497 e. The van der Waals surface area contributed by atoms with Crippen molar-refractivity contribution in [1.82, 2.24) is 9.80 Å². The number of likely N-dealkylation sites (N-methyl/N-ethyl adjacent to an activating group) is 2. The van der Waals surface area contributed by atoms with E-state index in [1.807, 2.05) is 30.1 Å². The predicted octanol–water partition coefficient (Wildman–Crippen LogP) is 2.25. The summed E-state index contributed by atoms with van der Waals surface area (Å²) in [6.45, 7) is 1.92. The highest BCUT2D eigenvalue weighted by Gasteiger charge is 2.22. The third-order valence-electron chi connectivity index (χ3n) is 4.07. The van der Waals surface area contributed by atoms with Crippen LogP contribution in [0.15, 0.2) is 24.3 Å². The number of likely N-dealkylation sites (tertiary alicyclic amines) is 1. The SMILES string of the molecule is COc1cccc(C(=O)N(C)CC2CCCCN2C)c1. The van der Waals surface area contributed by atoms with Gasteiger partial charge in [-0.05, 0) is 44.6 Å². The van der Waals surface area contributed by atoms with Crippen molar-refractivity contribution in [3.63, 3.8) is 0 Å². The molecule has 1 fully saturated rings. The van der Waals surface area contributed by atoms with Crippen LogP contribution in [-0.2, 0) is 0 Å². The summed E-state index contributed by atoms with van der Waals surface area (Å²) < 4.78 is 5.17. The smallest absolute Gasteiger partial charge is 0.253 e. The van der Waals surface area contributed by atoms with E-state index in [1.165, 1.54) is 19.3 Å². The summed E-state index contributed by atoms with van der Waals surface area (Å²) in [5.41, 5.74) is 0.685. The van der Waals surface area contributed by atoms with Gasteiger partial charge in [-0.1, -0.05) is 12.5 Å². The molecule has 1 amide bonds. The van der Waals surface area contributed by atoms with Crippen molar-refractivity contribution in [2.45, 2.75) is 25.3 Å². The van der Waals surface area contributed by atoms with Crippen molar-refractivity contribution in [2.24, 2.45) is 0 Å². The molecule has 0 N–H and O–H groups in total. The molecule has 20 heavy (non-hydrogen) atoms. The van der Waals surface area contributed by atoms with Crippen LogP contribution in [0.5, 0.6) is 5.75 Å². The van der Waals surface area contributed by atoms with E-state index in [2.05, 4.69) is 11.9 Å². The van der Waals surface area contributed by atoms with Crippen LogP contribution in [0.3, 0.4) is 0 Å². The number of carbonyl (C=O) groups excluding carboxylic acids is 1. The van der Waals surface area contributed by atoms with E-state index in [9.17, 15) is 4.79 Å². The first-order chi connectivity index (χ1) is 9.61. The summed E-state index contributed by atoms with van der Waals surface area (Å²) in [4.78, 5) is 16.6. The maximum Gasteiger partial charge on any atom is 0.253 e. The standard InChI is InChI=1S/C16H24N2O2/c1-17-10-5-4-8-14(17)12-18(2)16(19)13-7-6-9-15(11-13)20-3/h6-7,9,11,14H,4-5,8,10,12H2,1-3H3. The summed E-state index contributed by atoms with van der Waals surface area (Å²) in [5, 5.41) is 0. The second-order valence-electron chi connectivity index (χ2n) is 5.55. The number of carbonyl (C=O) groups is 1. The first-order valence-corrected chi connectivity index (χ1v) is 7.21. The third kappa shape index (κ3) is 3.51. The highest BCUT2D eigenvalue weighted by atomic mass is 16.5. The van der Waals surface area contributed by atoms with Gasteiger partial charge in [-0.15, -0.1) is 0 Å². The molecule has 1 aliphatic heterocycles. The highest BCUT2D eigenvalue weighted by molar-refractivity contribution is 5.94. The fraction of sp³-hybridized carbons (Fsp3) is 0.562. The summed E-state index contributed by atoms with van der Waals surface area (Å²) in [6.07, 6.45) is 3.70. The molecule has 0 spiro atoms. The van der Waals surface area contributed by atoms with E-state index in [1.54, 1.807) is 13.2 Å². The van der Waals surface area contributed by atoms with Crippen LogP contribution in [0.1, 0.15) is 29.6 Å². The fourth-order valence-electron chi connectivity index (χ4n) is 2.75. The number of nitrogens with zero attached hydrogens (tertiary/aromatic N) is 2. The van der Waals surface area contributed by atoms with Gasteiger partial charge in [0, 0.05) is 25.2 Å². The average Bonchev–Trinajstić information content (AvgIpc) is 2.48. The number of ether oxygens (including phenoxy) is 1. The van der Waals surface area contributed by atoms with Crippen LogP contribution < -0.4 is 4.74 Å². The molecule has 4 heteroatoms. The zero-order valence-corrected chi connectivity index (χ0v) is 12.6. The lowest BCUT2D eigenvalue weighted by molar-refractivity contribution is 0.0716. The molecule has 1 saturated heterocycles. The number of benzene rings is 1. The van der Waals surface area contributed by atoms with E-state index in [-0.39, 0.29) is 5.91 Å². The number of rotatable bonds is 4. The quantitative estimate of drug-likeness (QED) is 0.845. The molecule has 0 aromatic heterocycles. The molecule has 1 heterocycles. The Kier molecular flexibility index (Phi) is 5.01. The van der Waals surface area contributed by atoms with E-state index in [0.29, 0.717) is 11.6 Å². The molecule has 1 unspecified atom stereocenters. The van der Waals surface area contributed by atoms with E-state index in [0.717, 1.165) is 18.8 Å². The Hall–Kier alpha value is -1.55. The molecule has 0 aliphatic carbocycles. The molecular formula is C16H24N2O2. The minimum absolute atomic E-state index is 0.0582. The summed E-state index contributed by atoms with van der Waals surface area (Å²) in [7, 11) is 5.64. The number of hydrogen-bond donors (Lipinski definition) is 0. The van der Waals surface area contributed by atoms with Gasteiger partial charge in [-0.25, -0.2) is 0 Å². The molecular weight excluding hydrogens is 252 g/mol. The van der Waals surface area contributed by atoms with Gasteiger partial charge >= 0.3 is 0 Å². The molecule has 0 radical (unpaired) electrons. The molecule has 2 rings (SSSR count). The Morgan fingerprint density at radius 2 is 2.25 bits per heavy atom. The second-order valence-corrected chi connectivity index (χ2v) is 5.55. The van der Waals surface area contributed by atoms with Gasteiger partial charge in [0.1, 0.15) is 5.75 Å². The van der Waals surface area contributed by atoms with Crippen LogP contribution in [0.25, 0.3) is 0 Å². The maximum absolute atomic E-state index is 12.4. The Morgan fingerprint density at radius 1 is 1.45 bits per heavy atom.